The van der Waals surface area contributed by atoms with Crippen molar-refractivity contribution in [1.29, 1.82) is 0 Å². The van der Waals surface area contributed by atoms with Gasteiger partial charge in [0.15, 0.2) is 0 Å². The minimum absolute atomic E-state index is 0.00522. The number of aliphatic hydroxyl groups excluding tert-OH is 1. The maximum absolute atomic E-state index is 13.7. The fraction of sp³-hybridized carbons (Fsp3) is 0.263. The van der Waals surface area contributed by atoms with Crippen LogP contribution >= 0.6 is 0 Å². The molecule has 2 aromatic rings. The van der Waals surface area contributed by atoms with Gasteiger partial charge in [0.25, 0.3) is 0 Å². The van der Waals surface area contributed by atoms with Crippen LogP contribution < -0.4 is 10.6 Å². The number of likely N-dealkylation sites (tertiary alicyclic amines) is 1. The third kappa shape index (κ3) is 4.59. The van der Waals surface area contributed by atoms with Crippen molar-refractivity contribution in [2.45, 2.75) is 25.1 Å². The van der Waals surface area contributed by atoms with E-state index in [9.17, 15) is 23.5 Å². The number of anilines is 1. The molecule has 0 radical (unpaired) electrons. The van der Waals surface area contributed by atoms with E-state index in [4.69, 9.17) is 0 Å². The molecule has 3 N–H and O–H groups in total. The van der Waals surface area contributed by atoms with Gasteiger partial charge in [-0.3, -0.25) is 4.79 Å². The predicted octanol–water partition coefficient (Wildman–Crippen LogP) is 2.25. The number of nitrogens with zero attached hydrogens (tertiary/aromatic N) is 1. The van der Waals surface area contributed by atoms with Crippen LogP contribution in [0, 0.1) is 11.6 Å². The number of rotatable bonds is 4. The fourth-order valence-corrected chi connectivity index (χ4v) is 2.95. The lowest BCUT2D eigenvalue weighted by Crippen LogP contribution is -2.47. The number of β-amino-alcohol motifs (C(OH)–C–C–N with tert-alkyl or cyclic N) is 1. The van der Waals surface area contributed by atoms with Crippen molar-refractivity contribution in [3.63, 3.8) is 0 Å². The van der Waals surface area contributed by atoms with Gasteiger partial charge in [0, 0.05) is 19.5 Å². The van der Waals surface area contributed by atoms with Crippen LogP contribution in [0.3, 0.4) is 0 Å². The largest absolute Gasteiger partial charge is 0.391 e. The summed E-state index contributed by atoms with van der Waals surface area (Å²) in [7, 11) is 0. The summed E-state index contributed by atoms with van der Waals surface area (Å²) in [5.74, 6) is -1.41. The van der Waals surface area contributed by atoms with E-state index in [2.05, 4.69) is 10.6 Å². The molecule has 6 nitrogen and oxygen atoms in total. The topological polar surface area (TPSA) is 81.7 Å². The number of halogens is 2. The van der Waals surface area contributed by atoms with Crippen molar-refractivity contribution in [2.24, 2.45) is 0 Å². The number of aliphatic hydroxyl groups is 1. The second kappa shape index (κ2) is 8.13. The Kier molecular flexibility index (Phi) is 5.66. The summed E-state index contributed by atoms with van der Waals surface area (Å²) >= 11 is 0. The molecule has 0 unspecified atom stereocenters. The first-order valence-electron chi connectivity index (χ1n) is 8.46. The number of carbonyl (C=O) groups is 2. The average Bonchev–Trinajstić information content (AvgIpc) is 3.05. The normalized spacial score (nSPS) is 19.0. The Morgan fingerprint density at radius 2 is 1.81 bits per heavy atom. The molecule has 142 valence electrons. The molecule has 1 fully saturated rings. The summed E-state index contributed by atoms with van der Waals surface area (Å²) in [6, 6.07) is 9.80. The molecule has 3 rings (SSSR count). The molecule has 2 atom stereocenters. The lowest BCUT2D eigenvalue weighted by atomic mass is 10.1. The van der Waals surface area contributed by atoms with E-state index in [0.717, 1.165) is 0 Å². The van der Waals surface area contributed by atoms with Gasteiger partial charge in [-0.15, -0.1) is 0 Å². The molecule has 1 aliphatic rings. The quantitative estimate of drug-likeness (QED) is 0.767. The van der Waals surface area contributed by atoms with Crippen LogP contribution in [0.15, 0.2) is 48.5 Å². The Morgan fingerprint density at radius 3 is 2.52 bits per heavy atom. The fourth-order valence-electron chi connectivity index (χ4n) is 2.95. The molecule has 3 amide bonds. The summed E-state index contributed by atoms with van der Waals surface area (Å²) in [4.78, 5) is 26.1. The number of hydrogen-bond donors (Lipinski definition) is 3. The van der Waals surface area contributed by atoms with Gasteiger partial charge in [-0.2, -0.15) is 0 Å². The zero-order chi connectivity index (χ0) is 19.4. The van der Waals surface area contributed by atoms with Gasteiger partial charge in [0.2, 0.25) is 5.91 Å². The third-order valence-electron chi connectivity index (χ3n) is 4.34. The first-order valence-corrected chi connectivity index (χ1v) is 8.46. The average molecular weight is 375 g/mol. The van der Waals surface area contributed by atoms with Crippen LogP contribution in [0.1, 0.15) is 12.0 Å². The molecule has 2 aromatic carbocycles. The van der Waals surface area contributed by atoms with Crippen LogP contribution in [0.5, 0.6) is 0 Å². The first-order chi connectivity index (χ1) is 12.9. The van der Waals surface area contributed by atoms with Crippen LogP contribution in [0.4, 0.5) is 19.3 Å². The second-order valence-electron chi connectivity index (χ2n) is 6.31. The molecule has 0 bridgehead atoms. The predicted molar refractivity (Wildman–Crippen MR) is 94.8 cm³/mol. The van der Waals surface area contributed by atoms with E-state index in [-0.39, 0.29) is 31.0 Å². The van der Waals surface area contributed by atoms with E-state index in [0.29, 0.717) is 5.56 Å². The Bertz CT molecular complexity index is 829. The Balaban J connectivity index is 1.64. The molecule has 8 heteroatoms. The highest BCUT2D eigenvalue weighted by molar-refractivity contribution is 5.94. The van der Waals surface area contributed by atoms with Crippen molar-refractivity contribution >= 4 is 17.6 Å². The molecule has 1 aliphatic heterocycles. The van der Waals surface area contributed by atoms with Crippen LogP contribution in [-0.4, -0.2) is 40.6 Å². The molecule has 0 aliphatic carbocycles. The molecule has 1 heterocycles. The van der Waals surface area contributed by atoms with Crippen molar-refractivity contribution in [3.8, 4) is 0 Å². The summed E-state index contributed by atoms with van der Waals surface area (Å²) in [5, 5.41) is 15.0. The molecular formula is C19H19F2N3O3. The molecule has 1 saturated heterocycles. The van der Waals surface area contributed by atoms with Gasteiger partial charge in [0.05, 0.1) is 11.8 Å². The second-order valence-corrected chi connectivity index (χ2v) is 6.31. The van der Waals surface area contributed by atoms with Crippen LogP contribution in [0.2, 0.25) is 0 Å². The van der Waals surface area contributed by atoms with Gasteiger partial charge in [-0.1, -0.05) is 24.3 Å². The summed E-state index contributed by atoms with van der Waals surface area (Å²) in [6.45, 7) is 0.128. The molecule has 0 aromatic heterocycles. The van der Waals surface area contributed by atoms with Gasteiger partial charge in [0.1, 0.15) is 17.7 Å². The lowest BCUT2D eigenvalue weighted by Gasteiger charge is -2.24. The highest BCUT2D eigenvalue weighted by atomic mass is 19.1. The summed E-state index contributed by atoms with van der Waals surface area (Å²) in [6.07, 6.45) is -0.766. The number of benzene rings is 2. The Labute approximate surface area is 154 Å². The van der Waals surface area contributed by atoms with Crippen LogP contribution in [-0.2, 0) is 11.3 Å². The number of urea groups is 1. The summed E-state index contributed by atoms with van der Waals surface area (Å²) in [5.41, 5.74) is 0.694. The smallest absolute Gasteiger partial charge is 0.322 e. The van der Waals surface area contributed by atoms with Crippen molar-refractivity contribution in [3.05, 3.63) is 65.7 Å². The van der Waals surface area contributed by atoms with E-state index in [1.807, 2.05) is 0 Å². The maximum atomic E-state index is 13.7. The van der Waals surface area contributed by atoms with Gasteiger partial charge in [-0.25, -0.2) is 13.6 Å². The molecule has 0 spiro atoms. The maximum Gasteiger partial charge on any atom is 0.322 e. The van der Waals surface area contributed by atoms with Crippen LogP contribution in [0.25, 0.3) is 0 Å². The minimum atomic E-state index is -0.882. The van der Waals surface area contributed by atoms with E-state index >= 15 is 0 Å². The highest BCUT2D eigenvalue weighted by Gasteiger charge is 2.39. The number of hydrogen-bond acceptors (Lipinski definition) is 3. The van der Waals surface area contributed by atoms with E-state index < -0.39 is 29.9 Å². The van der Waals surface area contributed by atoms with Crippen molar-refractivity contribution < 1.29 is 23.5 Å². The number of nitrogens with one attached hydrogen (secondary N) is 2. The lowest BCUT2D eigenvalue weighted by molar-refractivity contribution is -0.124. The molecule has 0 saturated carbocycles. The van der Waals surface area contributed by atoms with Crippen molar-refractivity contribution in [2.75, 3.05) is 11.9 Å². The van der Waals surface area contributed by atoms with Gasteiger partial charge in [-0.05, 0) is 29.8 Å². The molecular weight excluding hydrogens is 356 g/mol. The van der Waals surface area contributed by atoms with E-state index in [1.54, 1.807) is 18.2 Å². The molecule has 27 heavy (non-hydrogen) atoms. The number of para-hydroxylation sites is 1. The van der Waals surface area contributed by atoms with E-state index in [1.165, 1.54) is 35.2 Å². The number of amides is 3. The minimum Gasteiger partial charge on any atom is -0.391 e. The monoisotopic (exact) mass is 375 g/mol. The first kappa shape index (κ1) is 18.8. The SMILES string of the molecule is O=C(NCc1ccc(F)cc1)[C@@H]1C[C@H](O)CN1C(=O)Nc1ccccc1F. The van der Waals surface area contributed by atoms with Gasteiger partial charge >= 0.3 is 6.03 Å². The zero-order valence-electron chi connectivity index (χ0n) is 14.4. The standard InChI is InChI=1S/C19H19F2N3O3/c20-13-7-5-12(6-8-13)10-22-18(26)17-9-14(25)11-24(17)19(27)23-16-4-2-1-3-15(16)21/h1-8,14,17,25H,9-11H2,(H,22,26)(H,23,27)/t14-,17-/m0/s1. The Morgan fingerprint density at radius 1 is 1.11 bits per heavy atom. The summed E-state index contributed by atoms with van der Waals surface area (Å²) < 4.78 is 26.6. The third-order valence-corrected chi connectivity index (χ3v) is 4.34. The number of carbonyl (C=O) groups excluding carboxylic acids is 2. The van der Waals surface area contributed by atoms with Crippen molar-refractivity contribution in [1.82, 2.24) is 10.2 Å². The van der Waals surface area contributed by atoms with Gasteiger partial charge < -0.3 is 20.6 Å². The Hall–Kier alpha value is -3.00. The zero-order valence-corrected chi connectivity index (χ0v) is 14.4. The highest BCUT2D eigenvalue weighted by Crippen LogP contribution is 2.21.